The van der Waals surface area contributed by atoms with E-state index in [1.54, 1.807) is 0 Å². The highest BCUT2D eigenvalue weighted by Crippen LogP contribution is 2.58. The van der Waals surface area contributed by atoms with Gasteiger partial charge in [0.2, 0.25) is 0 Å². The number of para-hydroxylation sites is 6. The molecular formula is C132H93N5O2. The van der Waals surface area contributed by atoms with E-state index in [-0.39, 0.29) is 5.41 Å². The molecule has 0 N–H and O–H groups in total. The zero-order chi connectivity index (χ0) is 92.8. The Hall–Kier alpha value is -17.9. The van der Waals surface area contributed by atoms with E-state index in [9.17, 15) is 0 Å². The van der Waals surface area contributed by atoms with Crippen molar-refractivity contribution >= 4 is 77.8 Å². The molecule has 0 fully saturated rings. The largest absolute Gasteiger partial charge is 0.455 e. The van der Waals surface area contributed by atoms with E-state index >= 15 is 0 Å². The number of aromatic nitrogens is 3. The molecule has 2 aliphatic heterocycles. The number of fused-ring (bicyclic) bond motifs is 21. The van der Waals surface area contributed by atoms with Gasteiger partial charge in [-0.15, -0.1) is 0 Å². The number of nitrogens with zero attached hydrogens (tertiary/aromatic N) is 5. The lowest BCUT2D eigenvalue weighted by molar-refractivity contribution is 0.621. The fourth-order valence-corrected chi connectivity index (χ4v) is 21.6. The summed E-state index contributed by atoms with van der Waals surface area (Å²) in [6.07, 6.45) is 2.21. The molecule has 24 aromatic rings. The third-order valence-electron chi connectivity index (χ3n) is 28.4. The van der Waals surface area contributed by atoms with E-state index in [0.29, 0.717) is 0 Å². The molecular weight excluding hydrogens is 1690 g/mol. The predicted molar refractivity (Wildman–Crippen MR) is 579 cm³/mol. The standard InChI is InChI=1S/C51H34O2.C41H31N3.C40H28N2/c1-51(2)44-19-7-5-16-42(44)50-48(43-29-35(24-26-47(43)53-50)34-22-21-31-11-3-4-12-32(31)27-34)41-25-23-36(30-45(41)51)33-13-9-14-37(28-33)38-17-10-18-40-39-15-6-8-20-46(39)52-49(38)40;1-28-29(2)43(39-27-32(30-16-6-3-7-17-30)26-37(42-39)31-18-8-4-9-19-31)41-36-24-13-12-22-34(36)35-23-14-15-25-38(35)44(40(28)41)33-20-10-5-11-21-33;1-4-14-29(15-5-1)31-26-32(30-16-6-2-7-17-30)28-34(27-31)42-38-23-13-12-21-36(38)35-20-10-11-22-37(35)40-39(42)24-25-41(40)33-18-8-3-9-19-33/h3-30H,1-2H3;3-27H,1-2H3;1-28H. The molecule has 7 nitrogen and oxygen atoms in total. The van der Waals surface area contributed by atoms with Crippen molar-refractivity contribution in [1.82, 2.24) is 14.1 Å². The average molecular weight is 1780 g/mol. The second kappa shape index (κ2) is 34.5. The normalized spacial score (nSPS) is 12.3. The minimum Gasteiger partial charge on any atom is -0.455 e. The topological polar surface area (TPSA) is 55.5 Å². The lowest BCUT2D eigenvalue weighted by atomic mass is 9.74. The van der Waals surface area contributed by atoms with Crippen LogP contribution in [0.4, 0.5) is 34.1 Å². The van der Waals surface area contributed by atoms with Crippen LogP contribution in [-0.4, -0.2) is 14.1 Å². The Morgan fingerprint density at radius 3 is 1.41 bits per heavy atom. The van der Waals surface area contributed by atoms with Gasteiger partial charge in [-0.05, 0) is 228 Å². The maximum Gasteiger partial charge on any atom is 0.143 e. The molecule has 658 valence electrons. The number of furan rings is 2. The van der Waals surface area contributed by atoms with Gasteiger partial charge in [-0.1, -0.05) is 390 Å². The van der Waals surface area contributed by atoms with Gasteiger partial charge in [0.25, 0.3) is 0 Å². The van der Waals surface area contributed by atoms with E-state index in [4.69, 9.17) is 13.8 Å². The molecule has 7 heterocycles. The van der Waals surface area contributed by atoms with Gasteiger partial charge in [-0.3, -0.25) is 4.57 Å². The van der Waals surface area contributed by atoms with Gasteiger partial charge in [0, 0.05) is 95.0 Å². The molecule has 0 amide bonds. The van der Waals surface area contributed by atoms with Crippen LogP contribution in [0.25, 0.3) is 200 Å². The Morgan fingerprint density at radius 2 is 0.734 bits per heavy atom. The van der Waals surface area contributed by atoms with E-state index in [2.05, 4.69) is 526 Å². The Bertz CT molecular complexity index is 8750. The van der Waals surface area contributed by atoms with Gasteiger partial charge in [-0.2, -0.15) is 0 Å². The van der Waals surface area contributed by atoms with Gasteiger partial charge in [0.05, 0.1) is 39.8 Å². The molecule has 0 unspecified atom stereocenters. The van der Waals surface area contributed by atoms with Crippen LogP contribution < -0.4 is 9.80 Å². The maximum atomic E-state index is 6.84. The highest BCUT2D eigenvalue weighted by molar-refractivity contribution is 6.12. The second-order valence-electron chi connectivity index (χ2n) is 36.8. The highest BCUT2D eigenvalue weighted by Gasteiger charge is 2.39. The van der Waals surface area contributed by atoms with Gasteiger partial charge in [0.15, 0.2) is 0 Å². The molecule has 5 aromatic heterocycles. The van der Waals surface area contributed by atoms with Gasteiger partial charge in [0.1, 0.15) is 28.3 Å². The van der Waals surface area contributed by atoms with Crippen LogP contribution in [0.15, 0.2) is 500 Å². The van der Waals surface area contributed by atoms with Crippen LogP contribution >= 0.6 is 0 Å². The van der Waals surface area contributed by atoms with Crippen LogP contribution in [0.3, 0.4) is 0 Å². The molecule has 0 saturated carbocycles. The van der Waals surface area contributed by atoms with Crippen molar-refractivity contribution < 1.29 is 8.83 Å². The first-order valence-electron chi connectivity index (χ1n) is 47.8. The first-order valence-corrected chi connectivity index (χ1v) is 47.8. The van der Waals surface area contributed by atoms with E-state index in [1.165, 1.54) is 145 Å². The number of rotatable bonds is 11. The highest BCUT2D eigenvalue weighted by atomic mass is 16.3. The maximum absolute atomic E-state index is 6.84. The zero-order valence-corrected chi connectivity index (χ0v) is 77.3. The molecule has 0 radical (unpaired) electrons. The summed E-state index contributed by atoms with van der Waals surface area (Å²) in [5.74, 6) is 1.84. The molecule has 19 aromatic carbocycles. The molecule has 3 aliphatic rings. The minimum atomic E-state index is -0.288. The summed E-state index contributed by atoms with van der Waals surface area (Å²) < 4.78 is 18.0. The zero-order valence-electron chi connectivity index (χ0n) is 77.3. The van der Waals surface area contributed by atoms with Crippen LogP contribution in [0.1, 0.15) is 36.2 Å². The average Bonchev–Trinajstić information content (AvgIpc) is 1.57. The van der Waals surface area contributed by atoms with Crippen molar-refractivity contribution in [1.29, 1.82) is 0 Å². The number of anilines is 6. The van der Waals surface area contributed by atoms with Gasteiger partial charge < -0.3 is 23.2 Å². The Morgan fingerprint density at radius 1 is 0.259 bits per heavy atom. The summed E-state index contributed by atoms with van der Waals surface area (Å²) >= 11 is 0. The third kappa shape index (κ3) is 14.6. The fraction of sp³-hybridized carbons (Fsp3) is 0.0379. The minimum absolute atomic E-state index is 0.288. The molecule has 27 rings (SSSR count). The molecule has 0 saturated heterocycles. The summed E-state index contributed by atoms with van der Waals surface area (Å²) in [5, 5.41) is 5.90. The van der Waals surface area contributed by atoms with Crippen LogP contribution in [0.5, 0.6) is 0 Å². The van der Waals surface area contributed by atoms with Crippen molar-refractivity contribution in [2.45, 2.75) is 33.1 Å². The van der Waals surface area contributed by atoms with E-state index < -0.39 is 0 Å². The Balaban J connectivity index is 0.000000111. The fourth-order valence-electron chi connectivity index (χ4n) is 21.6. The smallest absolute Gasteiger partial charge is 0.143 e. The molecule has 0 atom stereocenters. The lowest BCUT2D eigenvalue weighted by Gasteiger charge is -2.29. The Labute approximate surface area is 808 Å². The SMILES string of the molecule is CC1(C)c2ccccc2-c2oc3ccc(-c4ccc5ccccc5c4)cc3c2-c2ccc(-c3cccc(-c4cccc5c4oc4ccccc45)c3)cc21.Cc1c2c(n(-c3cc(-c4ccccc4)cc(-c4ccccc4)n3)c1C)-c1ccccc1-c1ccccc1N2c1ccccc1.c1ccc(-c2cc(-c3ccccc3)cc(N3c4ccccc4-c4ccccc4-c4c3ccn4-c3ccccc3)c2)cc1. The number of pyridine rings is 1. The first kappa shape index (κ1) is 83.0. The summed E-state index contributed by atoms with van der Waals surface area (Å²) in [6, 6.07) is 174. The molecule has 1 aliphatic carbocycles. The van der Waals surface area contributed by atoms with Crippen molar-refractivity contribution in [3.05, 3.63) is 514 Å². The summed E-state index contributed by atoms with van der Waals surface area (Å²) in [7, 11) is 0. The molecule has 0 bridgehead atoms. The predicted octanol–water partition coefficient (Wildman–Crippen LogP) is 36.3. The summed E-state index contributed by atoms with van der Waals surface area (Å²) in [5.41, 5.74) is 44.7. The third-order valence-corrected chi connectivity index (χ3v) is 28.4. The van der Waals surface area contributed by atoms with Gasteiger partial charge >= 0.3 is 0 Å². The quantitative estimate of drug-likeness (QED) is 0.129. The number of benzene rings is 19. The number of hydrogen-bond acceptors (Lipinski definition) is 5. The van der Waals surface area contributed by atoms with Crippen molar-refractivity contribution in [2.75, 3.05) is 9.80 Å². The number of hydrogen-bond donors (Lipinski definition) is 0. The van der Waals surface area contributed by atoms with E-state index in [1.807, 2.05) is 12.1 Å². The van der Waals surface area contributed by atoms with E-state index in [0.717, 1.165) is 112 Å². The molecule has 7 heteroatoms. The lowest BCUT2D eigenvalue weighted by Crippen LogP contribution is -2.20. The van der Waals surface area contributed by atoms with Gasteiger partial charge in [-0.25, -0.2) is 4.98 Å². The van der Waals surface area contributed by atoms with Crippen molar-refractivity contribution in [2.24, 2.45) is 0 Å². The molecule has 139 heavy (non-hydrogen) atoms. The van der Waals surface area contributed by atoms with Crippen molar-refractivity contribution in [3.63, 3.8) is 0 Å². The summed E-state index contributed by atoms with van der Waals surface area (Å²) in [6.45, 7) is 9.17. The van der Waals surface area contributed by atoms with Crippen LogP contribution in [0, 0.1) is 13.8 Å². The monoisotopic (exact) mass is 1780 g/mol. The second-order valence-corrected chi connectivity index (χ2v) is 36.8. The molecule has 0 spiro atoms. The van der Waals surface area contributed by atoms with Crippen LogP contribution in [0.2, 0.25) is 0 Å². The van der Waals surface area contributed by atoms with Crippen molar-refractivity contribution in [3.8, 4) is 157 Å². The first-order chi connectivity index (χ1) is 68.5. The van der Waals surface area contributed by atoms with Crippen LogP contribution in [-0.2, 0) is 5.41 Å². The summed E-state index contributed by atoms with van der Waals surface area (Å²) in [4.78, 5) is 10.3. The Kier molecular flexibility index (Phi) is 20.6.